The van der Waals surface area contributed by atoms with Gasteiger partial charge in [0.2, 0.25) is 5.91 Å². The normalized spacial score (nSPS) is 15.0. The zero-order chi connectivity index (χ0) is 23.1. The molecule has 0 unspecified atom stereocenters. The molecule has 1 aliphatic heterocycles. The Bertz CT molecular complexity index is 1080. The maximum atomic E-state index is 13.6. The number of nitrogens with one attached hydrogen (secondary N) is 1. The molecule has 1 saturated heterocycles. The highest BCUT2D eigenvalue weighted by Crippen LogP contribution is 2.36. The van der Waals surface area contributed by atoms with Gasteiger partial charge < -0.3 is 19.5 Å². The van der Waals surface area contributed by atoms with E-state index in [9.17, 15) is 4.79 Å². The van der Waals surface area contributed by atoms with Crippen molar-refractivity contribution in [3.8, 4) is 22.6 Å². The number of hydrogen-bond donors (Lipinski definition) is 1. The van der Waals surface area contributed by atoms with Crippen LogP contribution in [0.5, 0.6) is 11.5 Å². The fraction of sp³-hybridized carbons (Fsp3) is 0.333. The number of carbonyl (C=O) groups is 1. The molecule has 4 rings (SSSR count). The number of benzene rings is 2. The molecule has 0 aliphatic carbocycles. The number of amides is 1. The first-order chi connectivity index (χ1) is 16.1. The van der Waals surface area contributed by atoms with E-state index in [0.29, 0.717) is 39.0 Å². The van der Waals surface area contributed by atoms with E-state index < -0.39 is 5.41 Å². The topological polar surface area (TPSA) is 69.7 Å². The molecular formula is C27H30N2O4. The van der Waals surface area contributed by atoms with Gasteiger partial charge in [0, 0.05) is 37.7 Å². The highest BCUT2D eigenvalue weighted by Gasteiger charge is 2.40. The molecule has 1 fully saturated rings. The Hall–Kier alpha value is -3.38. The highest BCUT2D eigenvalue weighted by atomic mass is 16.5. The lowest BCUT2D eigenvalue weighted by atomic mass is 9.74. The molecule has 1 aromatic heterocycles. The van der Waals surface area contributed by atoms with Crippen LogP contribution in [0.25, 0.3) is 11.1 Å². The second-order valence-corrected chi connectivity index (χ2v) is 8.37. The van der Waals surface area contributed by atoms with E-state index in [2.05, 4.69) is 34.6 Å². The standard InChI is InChI=1S/C27H30N2O4/c1-31-24-6-7-25(32-2)23(17-24)19-29-26(30)27(10-14-33-15-11-27)18-20-4-3-5-22(16-20)21-8-12-28-13-9-21/h3-9,12-13,16-17H,10-11,14-15,18-19H2,1-2H3,(H,29,30). The van der Waals surface area contributed by atoms with Gasteiger partial charge in [-0.1, -0.05) is 24.3 Å². The van der Waals surface area contributed by atoms with E-state index in [1.165, 1.54) is 0 Å². The summed E-state index contributed by atoms with van der Waals surface area (Å²) in [5.41, 5.74) is 3.75. The molecule has 2 heterocycles. The van der Waals surface area contributed by atoms with Crippen molar-refractivity contribution in [1.29, 1.82) is 0 Å². The molecule has 33 heavy (non-hydrogen) atoms. The van der Waals surface area contributed by atoms with Crippen molar-refractivity contribution in [3.05, 3.63) is 78.1 Å². The lowest BCUT2D eigenvalue weighted by Gasteiger charge is -2.36. The third kappa shape index (κ3) is 5.34. The third-order valence-corrected chi connectivity index (χ3v) is 6.34. The molecule has 2 aromatic carbocycles. The average molecular weight is 447 g/mol. The summed E-state index contributed by atoms with van der Waals surface area (Å²) in [5, 5.41) is 3.16. The SMILES string of the molecule is COc1ccc(OC)c(CNC(=O)C2(Cc3cccc(-c4ccncc4)c3)CCOCC2)c1. The molecular weight excluding hydrogens is 416 g/mol. The van der Waals surface area contributed by atoms with Gasteiger partial charge in [-0.15, -0.1) is 0 Å². The van der Waals surface area contributed by atoms with E-state index in [1.807, 2.05) is 30.3 Å². The Morgan fingerprint density at radius 1 is 1.00 bits per heavy atom. The van der Waals surface area contributed by atoms with Gasteiger partial charge in [-0.05, 0) is 66.3 Å². The van der Waals surface area contributed by atoms with Crippen LogP contribution in [0.4, 0.5) is 0 Å². The number of aromatic nitrogens is 1. The van der Waals surface area contributed by atoms with Gasteiger partial charge in [-0.2, -0.15) is 0 Å². The van der Waals surface area contributed by atoms with Crippen LogP contribution >= 0.6 is 0 Å². The minimum absolute atomic E-state index is 0.0463. The van der Waals surface area contributed by atoms with E-state index in [0.717, 1.165) is 33.8 Å². The van der Waals surface area contributed by atoms with Crippen molar-refractivity contribution < 1.29 is 19.0 Å². The van der Waals surface area contributed by atoms with Crippen LogP contribution in [0.2, 0.25) is 0 Å². The molecule has 172 valence electrons. The predicted octanol–water partition coefficient (Wildman–Crippen LogP) is 4.42. The number of pyridine rings is 1. The molecule has 6 nitrogen and oxygen atoms in total. The number of nitrogens with zero attached hydrogens (tertiary/aromatic N) is 1. The first-order valence-electron chi connectivity index (χ1n) is 11.2. The Labute approximate surface area is 194 Å². The summed E-state index contributed by atoms with van der Waals surface area (Å²) in [6, 6.07) is 18.0. The molecule has 3 aromatic rings. The maximum absolute atomic E-state index is 13.6. The van der Waals surface area contributed by atoms with E-state index in [1.54, 1.807) is 26.6 Å². The van der Waals surface area contributed by atoms with Gasteiger partial charge >= 0.3 is 0 Å². The van der Waals surface area contributed by atoms with Crippen molar-refractivity contribution in [2.24, 2.45) is 5.41 Å². The molecule has 0 spiro atoms. The predicted molar refractivity (Wildman–Crippen MR) is 127 cm³/mol. The molecule has 0 radical (unpaired) electrons. The van der Waals surface area contributed by atoms with Crippen molar-refractivity contribution in [3.63, 3.8) is 0 Å². The minimum atomic E-state index is -0.513. The van der Waals surface area contributed by atoms with E-state index >= 15 is 0 Å². The number of ether oxygens (including phenoxy) is 3. The Kier molecular flexibility index (Phi) is 7.25. The van der Waals surface area contributed by atoms with Gasteiger partial charge in [0.1, 0.15) is 11.5 Å². The molecule has 1 amide bonds. The summed E-state index contributed by atoms with van der Waals surface area (Å²) in [6.45, 7) is 1.54. The fourth-order valence-corrected chi connectivity index (χ4v) is 4.43. The zero-order valence-electron chi connectivity index (χ0n) is 19.2. The lowest BCUT2D eigenvalue weighted by Crippen LogP contribution is -2.46. The van der Waals surface area contributed by atoms with Gasteiger partial charge in [0.15, 0.2) is 0 Å². The van der Waals surface area contributed by atoms with Crippen molar-refractivity contribution in [2.45, 2.75) is 25.8 Å². The van der Waals surface area contributed by atoms with Crippen LogP contribution in [0.15, 0.2) is 67.0 Å². The molecule has 1 aliphatic rings. The van der Waals surface area contributed by atoms with Gasteiger partial charge in [-0.25, -0.2) is 0 Å². The van der Waals surface area contributed by atoms with Crippen LogP contribution in [0, 0.1) is 5.41 Å². The number of methoxy groups -OCH3 is 2. The van der Waals surface area contributed by atoms with Crippen LogP contribution in [-0.4, -0.2) is 38.3 Å². The monoisotopic (exact) mass is 446 g/mol. The van der Waals surface area contributed by atoms with Crippen LogP contribution in [-0.2, 0) is 22.5 Å². The van der Waals surface area contributed by atoms with Crippen LogP contribution in [0.1, 0.15) is 24.0 Å². The largest absolute Gasteiger partial charge is 0.497 e. The second kappa shape index (κ2) is 10.5. The minimum Gasteiger partial charge on any atom is -0.497 e. The molecule has 0 saturated carbocycles. The van der Waals surface area contributed by atoms with E-state index in [-0.39, 0.29) is 5.91 Å². The van der Waals surface area contributed by atoms with E-state index in [4.69, 9.17) is 14.2 Å². The highest BCUT2D eigenvalue weighted by molar-refractivity contribution is 5.83. The number of rotatable bonds is 8. The third-order valence-electron chi connectivity index (χ3n) is 6.34. The number of hydrogen-bond acceptors (Lipinski definition) is 5. The number of carbonyl (C=O) groups excluding carboxylic acids is 1. The lowest BCUT2D eigenvalue weighted by molar-refractivity contribution is -0.136. The Balaban J connectivity index is 1.54. The summed E-state index contributed by atoms with van der Waals surface area (Å²) in [7, 11) is 3.25. The van der Waals surface area contributed by atoms with Gasteiger partial charge in [0.05, 0.1) is 19.6 Å². The van der Waals surface area contributed by atoms with Crippen LogP contribution in [0.3, 0.4) is 0 Å². The maximum Gasteiger partial charge on any atom is 0.226 e. The Morgan fingerprint density at radius 3 is 2.52 bits per heavy atom. The molecule has 0 bridgehead atoms. The van der Waals surface area contributed by atoms with Crippen molar-refractivity contribution >= 4 is 5.91 Å². The average Bonchev–Trinajstić information content (AvgIpc) is 2.88. The smallest absolute Gasteiger partial charge is 0.226 e. The second-order valence-electron chi connectivity index (χ2n) is 8.37. The first kappa shape index (κ1) is 22.8. The molecule has 1 N–H and O–H groups in total. The van der Waals surface area contributed by atoms with Crippen LogP contribution < -0.4 is 14.8 Å². The van der Waals surface area contributed by atoms with Crippen molar-refractivity contribution in [2.75, 3.05) is 27.4 Å². The van der Waals surface area contributed by atoms with Gasteiger partial charge in [-0.3, -0.25) is 9.78 Å². The summed E-state index contributed by atoms with van der Waals surface area (Å²) >= 11 is 0. The molecule has 6 heteroatoms. The summed E-state index contributed by atoms with van der Waals surface area (Å²) in [5.74, 6) is 1.50. The summed E-state index contributed by atoms with van der Waals surface area (Å²) < 4.78 is 16.4. The first-order valence-corrected chi connectivity index (χ1v) is 11.2. The fourth-order valence-electron chi connectivity index (χ4n) is 4.43. The summed E-state index contributed by atoms with van der Waals surface area (Å²) in [6.07, 6.45) is 5.63. The zero-order valence-corrected chi connectivity index (χ0v) is 19.2. The molecule has 0 atom stereocenters. The summed E-state index contributed by atoms with van der Waals surface area (Å²) in [4.78, 5) is 17.7. The van der Waals surface area contributed by atoms with Gasteiger partial charge in [0.25, 0.3) is 0 Å². The Morgan fingerprint density at radius 2 is 1.79 bits per heavy atom. The quantitative estimate of drug-likeness (QED) is 0.555. The van der Waals surface area contributed by atoms with Crippen molar-refractivity contribution in [1.82, 2.24) is 10.3 Å².